The van der Waals surface area contributed by atoms with Gasteiger partial charge in [0.05, 0.1) is 12.2 Å². The van der Waals surface area contributed by atoms with Crippen LogP contribution in [0.1, 0.15) is 41.6 Å². The molecule has 122 valence electrons. The molecule has 0 saturated carbocycles. The van der Waals surface area contributed by atoms with Crippen molar-refractivity contribution in [2.75, 3.05) is 6.61 Å². The van der Waals surface area contributed by atoms with Crippen molar-refractivity contribution < 1.29 is 9.53 Å². The summed E-state index contributed by atoms with van der Waals surface area (Å²) in [5.74, 6) is 0.207. The number of carbonyl (C=O) groups is 1. The third kappa shape index (κ3) is 4.02. The van der Waals surface area contributed by atoms with Gasteiger partial charge >= 0.3 is 5.97 Å². The van der Waals surface area contributed by atoms with Crippen molar-refractivity contribution >= 4 is 16.7 Å². The maximum absolute atomic E-state index is 11.9. The molecule has 0 aliphatic rings. The molecule has 1 unspecified atom stereocenters. The molecule has 0 aliphatic carbocycles. The summed E-state index contributed by atoms with van der Waals surface area (Å²) in [6, 6.07) is 24.2. The number of fused-ring (bicyclic) bond motifs is 1. The van der Waals surface area contributed by atoms with Crippen LogP contribution in [0.15, 0.2) is 72.8 Å². The number of hydrogen-bond donors (Lipinski definition) is 0. The number of esters is 1. The molecule has 2 nitrogen and oxygen atoms in total. The number of hydrogen-bond acceptors (Lipinski definition) is 2. The van der Waals surface area contributed by atoms with Crippen LogP contribution >= 0.6 is 0 Å². The fourth-order valence-electron chi connectivity index (χ4n) is 2.89. The highest BCUT2D eigenvalue weighted by atomic mass is 16.5. The second kappa shape index (κ2) is 7.78. The molecule has 0 bridgehead atoms. The number of ether oxygens (including phenoxy) is 1. The SMILES string of the molecule is CC(CCCOC(=O)c1ccccc1)c1ccc2ccccc2c1. The summed E-state index contributed by atoms with van der Waals surface area (Å²) in [5.41, 5.74) is 1.95. The van der Waals surface area contributed by atoms with Crippen LogP contribution in [-0.4, -0.2) is 12.6 Å². The molecule has 0 heterocycles. The van der Waals surface area contributed by atoms with E-state index >= 15 is 0 Å². The Labute approximate surface area is 143 Å². The summed E-state index contributed by atoms with van der Waals surface area (Å²) >= 11 is 0. The van der Waals surface area contributed by atoms with Gasteiger partial charge in [-0.2, -0.15) is 0 Å². The van der Waals surface area contributed by atoms with E-state index in [1.54, 1.807) is 12.1 Å². The van der Waals surface area contributed by atoms with Gasteiger partial charge in [0.2, 0.25) is 0 Å². The summed E-state index contributed by atoms with van der Waals surface area (Å²) in [6.45, 7) is 2.69. The van der Waals surface area contributed by atoms with E-state index in [1.807, 2.05) is 18.2 Å². The van der Waals surface area contributed by atoms with Crippen molar-refractivity contribution in [2.45, 2.75) is 25.7 Å². The van der Waals surface area contributed by atoms with Gasteiger partial charge in [0.1, 0.15) is 0 Å². The van der Waals surface area contributed by atoms with Gasteiger partial charge in [0, 0.05) is 0 Å². The Morgan fingerprint density at radius 3 is 2.42 bits per heavy atom. The van der Waals surface area contributed by atoms with Crippen molar-refractivity contribution in [1.82, 2.24) is 0 Å². The average molecular weight is 318 g/mol. The minimum absolute atomic E-state index is 0.242. The monoisotopic (exact) mass is 318 g/mol. The van der Waals surface area contributed by atoms with Gasteiger partial charge in [-0.3, -0.25) is 0 Å². The third-order valence-electron chi connectivity index (χ3n) is 4.37. The largest absolute Gasteiger partial charge is 0.462 e. The lowest BCUT2D eigenvalue weighted by Gasteiger charge is -2.13. The predicted octanol–water partition coefficient (Wildman–Crippen LogP) is 5.58. The zero-order chi connectivity index (χ0) is 16.8. The fourth-order valence-corrected chi connectivity index (χ4v) is 2.89. The average Bonchev–Trinajstić information content (AvgIpc) is 2.65. The number of benzene rings is 3. The van der Waals surface area contributed by atoms with Crippen molar-refractivity contribution in [1.29, 1.82) is 0 Å². The summed E-state index contributed by atoms with van der Waals surface area (Å²) in [6.07, 6.45) is 1.87. The van der Waals surface area contributed by atoms with Crippen LogP contribution in [-0.2, 0) is 4.74 Å². The highest BCUT2D eigenvalue weighted by molar-refractivity contribution is 5.89. The van der Waals surface area contributed by atoms with E-state index in [2.05, 4.69) is 49.4 Å². The Hall–Kier alpha value is -2.61. The van der Waals surface area contributed by atoms with E-state index in [-0.39, 0.29) is 5.97 Å². The lowest BCUT2D eigenvalue weighted by atomic mass is 9.94. The molecule has 0 N–H and O–H groups in total. The number of rotatable bonds is 6. The maximum atomic E-state index is 11.9. The molecule has 2 heteroatoms. The van der Waals surface area contributed by atoms with E-state index in [0.717, 1.165) is 12.8 Å². The summed E-state index contributed by atoms with van der Waals surface area (Å²) in [7, 11) is 0. The molecule has 0 spiro atoms. The fraction of sp³-hybridized carbons (Fsp3) is 0.227. The van der Waals surface area contributed by atoms with Gasteiger partial charge in [0.15, 0.2) is 0 Å². The molecular formula is C22H22O2. The van der Waals surface area contributed by atoms with Gasteiger partial charge in [-0.15, -0.1) is 0 Å². The molecule has 24 heavy (non-hydrogen) atoms. The van der Waals surface area contributed by atoms with Gasteiger partial charge in [0.25, 0.3) is 0 Å². The van der Waals surface area contributed by atoms with E-state index in [0.29, 0.717) is 18.1 Å². The lowest BCUT2D eigenvalue weighted by molar-refractivity contribution is 0.0496. The lowest BCUT2D eigenvalue weighted by Crippen LogP contribution is -2.07. The first-order valence-electron chi connectivity index (χ1n) is 8.45. The molecule has 3 aromatic rings. The zero-order valence-electron chi connectivity index (χ0n) is 13.9. The molecule has 3 aromatic carbocycles. The highest BCUT2D eigenvalue weighted by Gasteiger charge is 2.09. The third-order valence-corrected chi connectivity index (χ3v) is 4.37. The smallest absolute Gasteiger partial charge is 0.338 e. The van der Waals surface area contributed by atoms with Gasteiger partial charge in [-0.1, -0.05) is 67.6 Å². The summed E-state index contributed by atoms with van der Waals surface area (Å²) < 4.78 is 5.35. The zero-order valence-corrected chi connectivity index (χ0v) is 13.9. The van der Waals surface area contributed by atoms with E-state index < -0.39 is 0 Å². The van der Waals surface area contributed by atoms with Crippen LogP contribution in [0.25, 0.3) is 10.8 Å². The van der Waals surface area contributed by atoms with Crippen molar-refractivity contribution in [3.63, 3.8) is 0 Å². The van der Waals surface area contributed by atoms with Crippen LogP contribution in [0, 0.1) is 0 Å². The van der Waals surface area contributed by atoms with E-state index in [4.69, 9.17) is 4.74 Å². The maximum Gasteiger partial charge on any atom is 0.338 e. The molecular weight excluding hydrogens is 296 g/mol. The summed E-state index contributed by atoms with van der Waals surface area (Å²) in [4.78, 5) is 11.9. The van der Waals surface area contributed by atoms with Crippen molar-refractivity contribution in [3.05, 3.63) is 83.9 Å². The Bertz CT molecular complexity index is 808. The minimum Gasteiger partial charge on any atom is -0.462 e. The van der Waals surface area contributed by atoms with Crippen LogP contribution < -0.4 is 0 Å². The summed E-state index contributed by atoms with van der Waals surface area (Å²) in [5, 5.41) is 2.54. The van der Waals surface area contributed by atoms with Crippen LogP contribution in [0.2, 0.25) is 0 Å². The van der Waals surface area contributed by atoms with Crippen LogP contribution in [0.5, 0.6) is 0 Å². The molecule has 0 amide bonds. The molecule has 0 fully saturated rings. The van der Waals surface area contributed by atoms with Crippen molar-refractivity contribution in [2.24, 2.45) is 0 Å². The standard InChI is InChI=1S/C22H22O2/c1-17(20-14-13-18-9-5-6-12-21(18)16-20)8-7-15-24-22(23)19-10-3-2-4-11-19/h2-6,9-14,16-17H,7-8,15H2,1H3. The quantitative estimate of drug-likeness (QED) is 0.438. The Balaban J connectivity index is 1.50. The van der Waals surface area contributed by atoms with Gasteiger partial charge in [-0.25, -0.2) is 4.79 Å². The van der Waals surface area contributed by atoms with Crippen LogP contribution in [0.3, 0.4) is 0 Å². The molecule has 0 radical (unpaired) electrons. The molecule has 1 atom stereocenters. The van der Waals surface area contributed by atoms with E-state index in [1.165, 1.54) is 16.3 Å². The Morgan fingerprint density at radius 2 is 1.62 bits per heavy atom. The second-order valence-corrected chi connectivity index (χ2v) is 6.15. The second-order valence-electron chi connectivity index (χ2n) is 6.15. The Morgan fingerprint density at radius 1 is 0.917 bits per heavy atom. The minimum atomic E-state index is -0.242. The predicted molar refractivity (Wildman–Crippen MR) is 98.3 cm³/mol. The first-order chi connectivity index (χ1) is 11.7. The highest BCUT2D eigenvalue weighted by Crippen LogP contribution is 2.24. The topological polar surface area (TPSA) is 26.3 Å². The molecule has 0 aliphatic heterocycles. The van der Waals surface area contributed by atoms with Gasteiger partial charge in [-0.05, 0) is 47.2 Å². The van der Waals surface area contributed by atoms with E-state index in [9.17, 15) is 4.79 Å². The molecule has 0 aromatic heterocycles. The normalized spacial score (nSPS) is 12.0. The van der Waals surface area contributed by atoms with Crippen molar-refractivity contribution in [3.8, 4) is 0 Å². The Kier molecular flexibility index (Phi) is 5.27. The first kappa shape index (κ1) is 16.3. The van der Waals surface area contributed by atoms with Gasteiger partial charge < -0.3 is 4.74 Å². The number of carbonyl (C=O) groups excluding carboxylic acids is 1. The molecule has 0 saturated heterocycles. The first-order valence-corrected chi connectivity index (χ1v) is 8.45. The molecule has 3 rings (SSSR count). The van der Waals surface area contributed by atoms with Crippen LogP contribution in [0.4, 0.5) is 0 Å².